The lowest BCUT2D eigenvalue weighted by atomic mass is 9.80. The third-order valence-corrected chi connectivity index (χ3v) is 7.65. The van der Waals surface area contributed by atoms with Crippen LogP contribution in [0.4, 0.5) is 0 Å². The zero-order valence-electron chi connectivity index (χ0n) is 24.4. The summed E-state index contributed by atoms with van der Waals surface area (Å²) in [5.41, 5.74) is 7.68. The van der Waals surface area contributed by atoms with E-state index in [9.17, 15) is 9.90 Å². The fourth-order valence-electron chi connectivity index (χ4n) is 5.01. The predicted molar refractivity (Wildman–Crippen MR) is 151 cm³/mol. The Morgan fingerprint density at radius 1 is 1.05 bits per heavy atom. The highest BCUT2D eigenvalue weighted by atomic mass is 16.5. The zero-order valence-corrected chi connectivity index (χ0v) is 24.4. The summed E-state index contributed by atoms with van der Waals surface area (Å²) >= 11 is 0. The molecule has 218 valence electrons. The van der Waals surface area contributed by atoms with E-state index >= 15 is 0 Å². The Morgan fingerprint density at radius 2 is 1.74 bits per heavy atom. The summed E-state index contributed by atoms with van der Waals surface area (Å²) in [7, 11) is 3.34. The number of carbonyl (C=O) groups is 1. The van der Waals surface area contributed by atoms with Crippen molar-refractivity contribution in [2.24, 2.45) is 29.4 Å². The van der Waals surface area contributed by atoms with Crippen LogP contribution in [0.3, 0.4) is 0 Å². The minimum Gasteiger partial charge on any atom is -0.497 e. The molecule has 4 N–H and O–H groups in total. The highest BCUT2D eigenvalue weighted by Crippen LogP contribution is 2.30. The summed E-state index contributed by atoms with van der Waals surface area (Å²) in [5.74, 6) is 1.98. The molecular formula is C30H52N2O6. The average Bonchev–Trinajstić information content (AvgIpc) is 2.89. The van der Waals surface area contributed by atoms with Gasteiger partial charge in [-0.15, -0.1) is 0 Å². The van der Waals surface area contributed by atoms with Crippen molar-refractivity contribution in [3.05, 3.63) is 23.8 Å². The van der Waals surface area contributed by atoms with Crippen molar-refractivity contribution in [2.45, 2.75) is 84.4 Å². The van der Waals surface area contributed by atoms with Crippen molar-refractivity contribution in [1.29, 1.82) is 0 Å². The first kappa shape index (κ1) is 32.3. The van der Waals surface area contributed by atoms with Gasteiger partial charge in [-0.1, -0.05) is 27.7 Å². The predicted octanol–water partition coefficient (Wildman–Crippen LogP) is 3.96. The second-order valence-corrected chi connectivity index (χ2v) is 11.4. The summed E-state index contributed by atoms with van der Waals surface area (Å²) < 4.78 is 21.9. The maximum absolute atomic E-state index is 13.1. The van der Waals surface area contributed by atoms with Gasteiger partial charge in [-0.2, -0.15) is 0 Å². The lowest BCUT2D eigenvalue weighted by Gasteiger charge is -2.31. The van der Waals surface area contributed by atoms with Crippen LogP contribution < -0.4 is 20.5 Å². The molecule has 1 amide bonds. The van der Waals surface area contributed by atoms with E-state index in [1.165, 1.54) is 0 Å². The molecule has 38 heavy (non-hydrogen) atoms. The maximum atomic E-state index is 13.1. The number of methoxy groups -OCH3 is 2. The summed E-state index contributed by atoms with van der Waals surface area (Å²) in [5, 5.41) is 14.3. The number of ether oxygens (including phenoxy) is 4. The van der Waals surface area contributed by atoms with E-state index in [1.54, 1.807) is 14.2 Å². The molecule has 4 atom stereocenters. The molecule has 0 aromatic heterocycles. The quantitative estimate of drug-likeness (QED) is 0.258. The largest absolute Gasteiger partial charge is 0.497 e. The van der Waals surface area contributed by atoms with E-state index in [0.717, 1.165) is 42.7 Å². The molecule has 1 saturated heterocycles. The topological polar surface area (TPSA) is 112 Å². The van der Waals surface area contributed by atoms with Crippen LogP contribution in [-0.2, 0) is 20.7 Å². The van der Waals surface area contributed by atoms with Crippen LogP contribution in [0, 0.1) is 23.7 Å². The number of carbonyl (C=O) groups excluding carboxylic acids is 1. The molecule has 0 aliphatic carbocycles. The molecular weight excluding hydrogens is 484 g/mol. The van der Waals surface area contributed by atoms with Crippen LogP contribution in [0.5, 0.6) is 11.5 Å². The van der Waals surface area contributed by atoms with Crippen molar-refractivity contribution in [1.82, 2.24) is 5.32 Å². The Kier molecular flexibility index (Phi) is 14.4. The molecule has 1 aliphatic heterocycles. The standard InChI is InChI=1S/C30H52N2O6/c1-20(2)23(14-22-15-25(36-6)18-26(16-22)38-11-7-10-35-5)17-28(31)29(33)19-27(21(3)4)30(34)32-24-8-12-37-13-9-24/h15-16,18,20-21,23-24,27-29,33H,7-14,17,19,31H2,1-6H3,(H,32,34)/t23-,27-,28-,29-/m0/s1. The maximum Gasteiger partial charge on any atom is 0.223 e. The van der Waals surface area contributed by atoms with Crippen LogP contribution in [0.25, 0.3) is 0 Å². The smallest absolute Gasteiger partial charge is 0.223 e. The van der Waals surface area contributed by atoms with E-state index in [4.69, 9.17) is 24.7 Å². The van der Waals surface area contributed by atoms with Crippen molar-refractivity contribution in [3.8, 4) is 11.5 Å². The third kappa shape index (κ3) is 11.1. The number of nitrogens with two attached hydrogens (primary N) is 1. The van der Waals surface area contributed by atoms with E-state index in [0.29, 0.717) is 45.2 Å². The van der Waals surface area contributed by atoms with Crippen LogP contribution in [0.15, 0.2) is 18.2 Å². The molecule has 1 fully saturated rings. The normalized spacial score (nSPS) is 17.7. The summed E-state index contributed by atoms with van der Waals surface area (Å²) in [6, 6.07) is 5.71. The van der Waals surface area contributed by atoms with Crippen LogP contribution in [-0.4, -0.2) is 69.8 Å². The Morgan fingerprint density at radius 3 is 2.34 bits per heavy atom. The van der Waals surface area contributed by atoms with Gasteiger partial charge in [0.15, 0.2) is 0 Å². The van der Waals surface area contributed by atoms with E-state index in [2.05, 4.69) is 25.2 Å². The molecule has 8 heteroatoms. The van der Waals surface area contributed by atoms with Crippen molar-refractivity contribution in [2.75, 3.05) is 40.6 Å². The Bertz CT molecular complexity index is 812. The minimum atomic E-state index is -0.755. The lowest BCUT2D eigenvalue weighted by molar-refractivity contribution is -0.129. The molecule has 0 radical (unpaired) electrons. The first-order valence-corrected chi connectivity index (χ1v) is 14.3. The average molecular weight is 537 g/mol. The van der Waals surface area contributed by atoms with Gasteiger partial charge in [0.2, 0.25) is 5.91 Å². The second kappa shape index (κ2) is 17.0. The number of rotatable bonds is 17. The molecule has 0 unspecified atom stereocenters. The van der Waals surface area contributed by atoms with Gasteiger partial charge < -0.3 is 35.1 Å². The van der Waals surface area contributed by atoms with Gasteiger partial charge in [0, 0.05) is 57.4 Å². The van der Waals surface area contributed by atoms with Gasteiger partial charge in [0.05, 0.1) is 19.8 Å². The lowest BCUT2D eigenvalue weighted by Crippen LogP contribution is -2.46. The van der Waals surface area contributed by atoms with Gasteiger partial charge in [0.25, 0.3) is 0 Å². The number of aliphatic hydroxyl groups is 1. The zero-order chi connectivity index (χ0) is 28.1. The number of hydrogen-bond donors (Lipinski definition) is 3. The Labute approximate surface area is 229 Å². The molecule has 1 aromatic rings. The third-order valence-electron chi connectivity index (χ3n) is 7.65. The monoisotopic (exact) mass is 536 g/mol. The van der Waals surface area contributed by atoms with Gasteiger partial charge in [-0.25, -0.2) is 0 Å². The van der Waals surface area contributed by atoms with Crippen molar-refractivity contribution in [3.63, 3.8) is 0 Å². The molecule has 1 aromatic carbocycles. The molecule has 1 aliphatic rings. The molecule has 0 bridgehead atoms. The van der Waals surface area contributed by atoms with E-state index in [-0.39, 0.29) is 29.7 Å². The number of hydrogen-bond acceptors (Lipinski definition) is 7. The van der Waals surface area contributed by atoms with E-state index in [1.807, 2.05) is 26.0 Å². The number of amides is 1. The fraction of sp³-hybridized carbons (Fsp3) is 0.767. The number of nitrogens with one attached hydrogen (secondary N) is 1. The van der Waals surface area contributed by atoms with Gasteiger partial charge >= 0.3 is 0 Å². The van der Waals surface area contributed by atoms with Gasteiger partial charge in [0.1, 0.15) is 11.5 Å². The molecule has 0 spiro atoms. The first-order valence-electron chi connectivity index (χ1n) is 14.3. The fourth-order valence-corrected chi connectivity index (χ4v) is 5.01. The highest BCUT2D eigenvalue weighted by Gasteiger charge is 2.31. The number of benzene rings is 1. The van der Waals surface area contributed by atoms with Crippen molar-refractivity contribution < 1.29 is 28.8 Å². The van der Waals surface area contributed by atoms with E-state index < -0.39 is 12.1 Å². The van der Waals surface area contributed by atoms with Gasteiger partial charge in [-0.3, -0.25) is 4.79 Å². The molecule has 2 rings (SSSR count). The molecule has 8 nitrogen and oxygen atoms in total. The molecule has 0 saturated carbocycles. The van der Waals surface area contributed by atoms with Crippen LogP contribution in [0.1, 0.15) is 65.4 Å². The SMILES string of the molecule is COCCCOc1cc(C[C@@H](C[C@H](N)[C@@H](O)C[C@H](C(=O)NC2CCOCC2)C(C)C)C(C)C)cc(OC)c1. The second-order valence-electron chi connectivity index (χ2n) is 11.4. The molecule has 1 heterocycles. The first-order chi connectivity index (χ1) is 18.1. The van der Waals surface area contributed by atoms with Crippen LogP contribution in [0.2, 0.25) is 0 Å². The summed E-state index contributed by atoms with van der Waals surface area (Å²) in [6.07, 6.45) is 3.53. The highest BCUT2D eigenvalue weighted by molar-refractivity contribution is 5.79. The van der Waals surface area contributed by atoms with Crippen LogP contribution >= 0.6 is 0 Å². The van der Waals surface area contributed by atoms with Crippen molar-refractivity contribution >= 4 is 5.91 Å². The Balaban J connectivity index is 2.01. The minimum absolute atomic E-state index is 0.00738. The summed E-state index contributed by atoms with van der Waals surface area (Å²) in [4.78, 5) is 13.1. The van der Waals surface area contributed by atoms with Gasteiger partial charge in [-0.05, 0) is 67.6 Å². The summed E-state index contributed by atoms with van der Waals surface area (Å²) in [6.45, 7) is 11.0. The number of aliphatic hydroxyl groups excluding tert-OH is 1. The Hall–Kier alpha value is -1.87.